The Kier molecular flexibility index (Phi) is 5.67. The predicted molar refractivity (Wildman–Crippen MR) is 118 cm³/mol. The number of nitrogens with one attached hydrogen (secondary N) is 1. The second kappa shape index (κ2) is 8.39. The fourth-order valence-electron chi connectivity index (χ4n) is 3.47. The van der Waals surface area contributed by atoms with Gasteiger partial charge in [-0.1, -0.05) is 6.92 Å². The van der Waals surface area contributed by atoms with Gasteiger partial charge >= 0.3 is 0 Å². The molecule has 3 N–H and O–H groups in total. The van der Waals surface area contributed by atoms with Gasteiger partial charge in [0.1, 0.15) is 22.7 Å². The lowest BCUT2D eigenvalue weighted by Gasteiger charge is -2.27. The molecule has 1 fully saturated rings. The summed E-state index contributed by atoms with van der Waals surface area (Å²) in [4.78, 5) is 25.5. The number of hydrogen-bond acceptors (Lipinski definition) is 9. The third-order valence-electron chi connectivity index (χ3n) is 5.19. The van der Waals surface area contributed by atoms with Crippen LogP contribution in [0.4, 0.5) is 17.7 Å². The molecule has 0 saturated carbocycles. The van der Waals surface area contributed by atoms with E-state index in [1.807, 2.05) is 0 Å². The number of aromatic nitrogens is 6. The molecule has 10 nitrogen and oxygen atoms in total. The highest BCUT2D eigenvalue weighted by Crippen LogP contribution is 2.32. The van der Waals surface area contributed by atoms with E-state index < -0.39 is 0 Å². The van der Waals surface area contributed by atoms with Crippen LogP contribution in [0.15, 0.2) is 12.4 Å². The van der Waals surface area contributed by atoms with Gasteiger partial charge in [-0.05, 0) is 27.2 Å². The number of anilines is 3. The van der Waals surface area contributed by atoms with Crippen LogP contribution >= 0.6 is 0 Å². The molecule has 1 atom stereocenters. The molecule has 3 aromatic heterocycles. The highest BCUT2D eigenvalue weighted by Gasteiger charge is 2.25. The summed E-state index contributed by atoms with van der Waals surface area (Å²) in [6.07, 6.45) is 4.13. The lowest BCUT2D eigenvalue weighted by Crippen LogP contribution is -2.37. The van der Waals surface area contributed by atoms with Crippen molar-refractivity contribution in [3.63, 3.8) is 0 Å². The van der Waals surface area contributed by atoms with Crippen LogP contribution in [-0.2, 0) is 4.74 Å². The minimum absolute atomic E-state index is 0.217. The first-order valence-corrected chi connectivity index (χ1v) is 10.4. The quantitative estimate of drug-likeness (QED) is 0.630. The number of nitrogens with zero attached hydrogens (tertiary/aromatic N) is 7. The van der Waals surface area contributed by atoms with Crippen LogP contribution in [0.1, 0.15) is 40.2 Å². The molecule has 1 unspecified atom stereocenters. The zero-order valence-electron chi connectivity index (χ0n) is 18.0. The number of nitrogen functional groups attached to an aromatic ring is 1. The minimum atomic E-state index is 0.217. The van der Waals surface area contributed by atoms with Crippen molar-refractivity contribution >= 4 is 28.9 Å². The van der Waals surface area contributed by atoms with E-state index in [0.717, 1.165) is 31.1 Å². The smallest absolute Gasteiger partial charge is 0.228 e. The summed E-state index contributed by atoms with van der Waals surface area (Å²) in [5.41, 5.74) is 8.52. The van der Waals surface area contributed by atoms with Crippen molar-refractivity contribution < 1.29 is 4.74 Å². The van der Waals surface area contributed by atoms with Gasteiger partial charge in [-0.25, -0.2) is 19.9 Å². The molecular weight excluding hydrogens is 382 g/mol. The van der Waals surface area contributed by atoms with E-state index in [2.05, 4.69) is 52.4 Å². The van der Waals surface area contributed by atoms with E-state index >= 15 is 0 Å². The standard InChI is InChI=1S/C20H29N9O/c1-5-13(4)29-18-17(26-20(29)24-12(2)3)16(14-10-23-15(21)11-22-14)25-19(27-18)28-6-8-30-9-7-28/h10-13H,5-9H2,1-4H3,(H2,21,23)(H,24,26). The molecule has 0 aromatic carbocycles. The zero-order chi connectivity index (χ0) is 21.3. The van der Waals surface area contributed by atoms with Crippen LogP contribution in [0.25, 0.3) is 22.6 Å². The monoisotopic (exact) mass is 411 g/mol. The van der Waals surface area contributed by atoms with Gasteiger partial charge in [0.2, 0.25) is 11.9 Å². The number of morpholine rings is 1. The molecule has 160 valence electrons. The van der Waals surface area contributed by atoms with Gasteiger partial charge < -0.3 is 20.7 Å². The molecule has 0 radical (unpaired) electrons. The van der Waals surface area contributed by atoms with Crippen LogP contribution in [0.3, 0.4) is 0 Å². The summed E-state index contributed by atoms with van der Waals surface area (Å²) < 4.78 is 7.66. The Balaban J connectivity index is 1.96. The third-order valence-corrected chi connectivity index (χ3v) is 5.19. The Morgan fingerprint density at radius 1 is 1.10 bits per heavy atom. The Morgan fingerprint density at radius 3 is 2.50 bits per heavy atom. The first kappa shape index (κ1) is 20.3. The van der Waals surface area contributed by atoms with Gasteiger partial charge in [-0.2, -0.15) is 4.98 Å². The maximum atomic E-state index is 5.75. The number of hydrogen-bond donors (Lipinski definition) is 2. The van der Waals surface area contributed by atoms with E-state index in [0.29, 0.717) is 41.9 Å². The molecule has 1 aliphatic rings. The van der Waals surface area contributed by atoms with E-state index in [1.165, 1.54) is 6.20 Å². The molecule has 4 heterocycles. The highest BCUT2D eigenvalue weighted by molar-refractivity contribution is 5.89. The lowest BCUT2D eigenvalue weighted by atomic mass is 10.2. The second-order valence-electron chi connectivity index (χ2n) is 7.83. The third kappa shape index (κ3) is 3.87. The average molecular weight is 412 g/mol. The molecule has 0 aliphatic carbocycles. The maximum Gasteiger partial charge on any atom is 0.228 e. The maximum absolute atomic E-state index is 5.75. The molecule has 10 heteroatoms. The second-order valence-corrected chi connectivity index (χ2v) is 7.83. The van der Waals surface area contributed by atoms with Crippen molar-refractivity contribution in [2.24, 2.45) is 0 Å². The van der Waals surface area contributed by atoms with Crippen LogP contribution in [0, 0.1) is 0 Å². The predicted octanol–water partition coefficient (Wildman–Crippen LogP) is 2.49. The Morgan fingerprint density at radius 2 is 1.87 bits per heavy atom. The average Bonchev–Trinajstić information content (AvgIpc) is 3.11. The summed E-state index contributed by atoms with van der Waals surface area (Å²) in [6.45, 7) is 11.3. The summed E-state index contributed by atoms with van der Waals surface area (Å²) >= 11 is 0. The van der Waals surface area contributed by atoms with Gasteiger partial charge in [-0.15, -0.1) is 0 Å². The van der Waals surface area contributed by atoms with E-state index in [9.17, 15) is 0 Å². The van der Waals surface area contributed by atoms with Gasteiger partial charge in [-0.3, -0.25) is 4.57 Å². The van der Waals surface area contributed by atoms with Crippen molar-refractivity contribution in [2.75, 3.05) is 42.3 Å². The van der Waals surface area contributed by atoms with Crippen LogP contribution < -0.4 is 16.0 Å². The topological polar surface area (TPSA) is 120 Å². The van der Waals surface area contributed by atoms with Gasteiger partial charge in [0.05, 0.1) is 25.6 Å². The molecule has 0 spiro atoms. The van der Waals surface area contributed by atoms with Crippen molar-refractivity contribution in [3.8, 4) is 11.4 Å². The molecular formula is C20H29N9O. The molecule has 3 aromatic rings. The number of fused-ring (bicyclic) bond motifs is 1. The molecule has 1 saturated heterocycles. The first-order valence-electron chi connectivity index (χ1n) is 10.4. The minimum Gasteiger partial charge on any atom is -0.382 e. The fourth-order valence-corrected chi connectivity index (χ4v) is 3.47. The van der Waals surface area contributed by atoms with Gasteiger partial charge in [0.25, 0.3) is 0 Å². The Hall–Kier alpha value is -3.01. The molecule has 0 amide bonds. The Bertz CT molecular complexity index is 1010. The molecule has 0 bridgehead atoms. The van der Waals surface area contributed by atoms with Crippen molar-refractivity contribution in [1.82, 2.24) is 29.5 Å². The van der Waals surface area contributed by atoms with Crippen molar-refractivity contribution in [1.29, 1.82) is 0 Å². The van der Waals surface area contributed by atoms with Crippen LogP contribution in [0.5, 0.6) is 0 Å². The van der Waals surface area contributed by atoms with Crippen molar-refractivity contribution in [3.05, 3.63) is 12.4 Å². The Labute approximate surface area is 175 Å². The fraction of sp³-hybridized carbons (Fsp3) is 0.550. The molecule has 4 rings (SSSR count). The summed E-state index contributed by atoms with van der Waals surface area (Å²) in [6, 6.07) is 0.449. The largest absolute Gasteiger partial charge is 0.382 e. The number of rotatable bonds is 6. The van der Waals surface area contributed by atoms with Gasteiger partial charge in [0, 0.05) is 25.2 Å². The SMILES string of the molecule is CCC(C)n1c(NC(C)C)nc2c(-c3cnc(N)cn3)nc(N3CCOCC3)nc21. The summed E-state index contributed by atoms with van der Waals surface area (Å²) in [5, 5.41) is 3.46. The van der Waals surface area contributed by atoms with Crippen LogP contribution in [-0.4, -0.2) is 61.8 Å². The van der Waals surface area contributed by atoms with E-state index in [4.69, 9.17) is 25.4 Å². The summed E-state index contributed by atoms with van der Waals surface area (Å²) in [5.74, 6) is 1.80. The number of imidazole rings is 1. The molecule has 1 aliphatic heterocycles. The summed E-state index contributed by atoms with van der Waals surface area (Å²) in [7, 11) is 0. The van der Waals surface area contributed by atoms with Crippen LogP contribution in [0.2, 0.25) is 0 Å². The zero-order valence-corrected chi connectivity index (χ0v) is 18.0. The first-order chi connectivity index (χ1) is 14.5. The molecule has 30 heavy (non-hydrogen) atoms. The number of ether oxygens (including phenoxy) is 1. The number of nitrogens with two attached hydrogens (primary N) is 1. The highest BCUT2D eigenvalue weighted by atomic mass is 16.5. The lowest BCUT2D eigenvalue weighted by molar-refractivity contribution is 0.122. The van der Waals surface area contributed by atoms with E-state index in [-0.39, 0.29) is 12.1 Å². The normalized spacial score (nSPS) is 15.7. The van der Waals surface area contributed by atoms with Gasteiger partial charge in [0.15, 0.2) is 5.65 Å². The van der Waals surface area contributed by atoms with Crippen molar-refractivity contribution in [2.45, 2.75) is 46.2 Å². The van der Waals surface area contributed by atoms with E-state index in [1.54, 1.807) is 6.20 Å².